The van der Waals surface area contributed by atoms with Gasteiger partial charge in [-0.2, -0.15) is 0 Å². The van der Waals surface area contributed by atoms with Crippen molar-refractivity contribution in [2.75, 3.05) is 6.54 Å². The summed E-state index contributed by atoms with van der Waals surface area (Å²) < 4.78 is 25.8. The molecule has 1 aromatic rings. The van der Waals surface area contributed by atoms with Crippen molar-refractivity contribution in [2.45, 2.75) is 6.42 Å². The van der Waals surface area contributed by atoms with Crippen LogP contribution in [0, 0.1) is 17.6 Å². The highest BCUT2D eigenvalue weighted by atomic mass is 35.5. The van der Waals surface area contributed by atoms with Gasteiger partial charge >= 0.3 is 0 Å². The van der Waals surface area contributed by atoms with E-state index in [1.165, 1.54) is 0 Å². The zero-order chi connectivity index (χ0) is 15.4. The summed E-state index contributed by atoms with van der Waals surface area (Å²) in [7, 11) is 0. The van der Waals surface area contributed by atoms with Crippen molar-refractivity contribution in [2.24, 2.45) is 5.92 Å². The SMILES string of the molecule is O=C(NCC(=O)C1C=CC(Cl)=CC1)c1ccc(F)c(F)c1. The Morgan fingerprint density at radius 1 is 1.29 bits per heavy atom. The number of benzene rings is 1. The summed E-state index contributed by atoms with van der Waals surface area (Å²) in [6.45, 7) is -0.182. The van der Waals surface area contributed by atoms with E-state index < -0.39 is 17.5 Å². The van der Waals surface area contributed by atoms with Crippen molar-refractivity contribution >= 4 is 23.3 Å². The molecule has 3 nitrogen and oxygen atoms in total. The van der Waals surface area contributed by atoms with E-state index in [2.05, 4.69) is 5.32 Å². The zero-order valence-corrected chi connectivity index (χ0v) is 11.7. The number of hydrogen-bond acceptors (Lipinski definition) is 2. The van der Waals surface area contributed by atoms with Crippen LogP contribution in [0.1, 0.15) is 16.8 Å². The molecule has 0 aliphatic heterocycles. The van der Waals surface area contributed by atoms with Gasteiger partial charge in [-0.25, -0.2) is 8.78 Å². The first-order chi connectivity index (χ1) is 9.97. The first kappa shape index (κ1) is 15.4. The van der Waals surface area contributed by atoms with E-state index in [9.17, 15) is 18.4 Å². The number of Topliss-reactive ketones (excluding diaryl/α,β-unsaturated/α-hetero) is 1. The van der Waals surface area contributed by atoms with Crippen LogP contribution in [0.25, 0.3) is 0 Å². The van der Waals surface area contributed by atoms with Crippen LogP contribution < -0.4 is 5.32 Å². The van der Waals surface area contributed by atoms with Gasteiger partial charge in [0.1, 0.15) is 0 Å². The van der Waals surface area contributed by atoms with Gasteiger partial charge in [-0.05, 0) is 30.7 Å². The lowest BCUT2D eigenvalue weighted by Gasteiger charge is -2.13. The van der Waals surface area contributed by atoms with Crippen LogP contribution in [0.3, 0.4) is 0 Å². The standard InChI is InChI=1S/C15H12ClF2NO2/c16-11-4-1-9(2-5-11)14(20)8-19-15(21)10-3-6-12(17)13(18)7-10/h1,3-7,9H,2,8H2,(H,19,21). The molecule has 6 heteroatoms. The highest BCUT2D eigenvalue weighted by Crippen LogP contribution is 2.19. The average molecular weight is 312 g/mol. The number of carbonyl (C=O) groups is 2. The molecular formula is C15H12ClF2NO2. The second-order valence-corrected chi connectivity index (χ2v) is 5.00. The first-order valence-electron chi connectivity index (χ1n) is 6.27. The van der Waals surface area contributed by atoms with Gasteiger partial charge in [-0.3, -0.25) is 9.59 Å². The highest BCUT2D eigenvalue weighted by Gasteiger charge is 2.18. The Hall–Kier alpha value is -2.01. The third-order valence-corrected chi connectivity index (χ3v) is 3.35. The van der Waals surface area contributed by atoms with Crippen molar-refractivity contribution in [3.8, 4) is 0 Å². The third-order valence-electron chi connectivity index (χ3n) is 3.07. The summed E-state index contributed by atoms with van der Waals surface area (Å²) >= 11 is 5.75. The molecular weight excluding hydrogens is 300 g/mol. The van der Waals surface area contributed by atoms with Gasteiger partial charge in [-0.15, -0.1) is 0 Å². The van der Waals surface area contributed by atoms with Crippen molar-refractivity contribution in [3.05, 3.63) is 58.7 Å². The minimum absolute atomic E-state index is 0.0381. The Morgan fingerprint density at radius 2 is 2.05 bits per heavy atom. The molecule has 1 unspecified atom stereocenters. The Morgan fingerprint density at radius 3 is 2.67 bits per heavy atom. The van der Waals surface area contributed by atoms with E-state index in [4.69, 9.17) is 11.6 Å². The first-order valence-corrected chi connectivity index (χ1v) is 6.65. The van der Waals surface area contributed by atoms with Crippen LogP contribution in [0.5, 0.6) is 0 Å². The molecule has 0 spiro atoms. The van der Waals surface area contributed by atoms with Gasteiger partial charge in [0.2, 0.25) is 0 Å². The van der Waals surface area contributed by atoms with E-state index in [-0.39, 0.29) is 23.8 Å². The van der Waals surface area contributed by atoms with Gasteiger partial charge in [-0.1, -0.05) is 23.8 Å². The van der Waals surface area contributed by atoms with Gasteiger partial charge in [0.05, 0.1) is 6.54 Å². The second-order valence-electron chi connectivity index (χ2n) is 4.57. The van der Waals surface area contributed by atoms with Gasteiger partial charge in [0.25, 0.3) is 5.91 Å². The van der Waals surface area contributed by atoms with E-state index in [0.717, 1.165) is 18.2 Å². The summed E-state index contributed by atoms with van der Waals surface area (Å²) in [4.78, 5) is 23.6. The third kappa shape index (κ3) is 3.98. The van der Waals surface area contributed by atoms with Crippen molar-refractivity contribution in [1.29, 1.82) is 0 Å². The molecule has 1 aromatic carbocycles. The van der Waals surface area contributed by atoms with Crippen LogP contribution in [0.15, 0.2) is 41.5 Å². The number of nitrogens with one attached hydrogen (secondary N) is 1. The second kappa shape index (κ2) is 6.63. The monoisotopic (exact) mass is 311 g/mol. The molecule has 0 aromatic heterocycles. The normalized spacial score (nSPS) is 17.3. The number of carbonyl (C=O) groups excluding carboxylic acids is 2. The summed E-state index contributed by atoms with van der Waals surface area (Å²) in [6, 6.07) is 2.81. The van der Waals surface area contributed by atoms with E-state index in [1.807, 2.05) is 0 Å². The molecule has 0 fully saturated rings. The Kier molecular flexibility index (Phi) is 4.85. The van der Waals surface area contributed by atoms with Crippen molar-refractivity contribution in [1.82, 2.24) is 5.32 Å². The minimum Gasteiger partial charge on any atom is -0.345 e. The summed E-state index contributed by atoms with van der Waals surface area (Å²) in [5.74, 6) is -3.28. The van der Waals surface area contributed by atoms with Crippen LogP contribution >= 0.6 is 11.6 Å². The molecule has 0 radical (unpaired) electrons. The van der Waals surface area contributed by atoms with Gasteiger partial charge in [0.15, 0.2) is 17.4 Å². The summed E-state index contributed by atoms with van der Waals surface area (Å²) in [5.41, 5.74) is -0.0381. The molecule has 0 saturated carbocycles. The molecule has 0 bridgehead atoms. The predicted molar refractivity (Wildman–Crippen MR) is 74.9 cm³/mol. The van der Waals surface area contributed by atoms with E-state index in [1.54, 1.807) is 18.2 Å². The average Bonchev–Trinajstić information content (AvgIpc) is 2.48. The fourth-order valence-corrected chi connectivity index (χ4v) is 2.03. The lowest BCUT2D eigenvalue weighted by atomic mass is 9.96. The molecule has 21 heavy (non-hydrogen) atoms. The molecule has 1 N–H and O–H groups in total. The van der Waals surface area contributed by atoms with Gasteiger partial charge in [0, 0.05) is 16.5 Å². The number of hydrogen-bond donors (Lipinski definition) is 1. The molecule has 110 valence electrons. The zero-order valence-electron chi connectivity index (χ0n) is 10.9. The summed E-state index contributed by atoms with van der Waals surface area (Å²) in [6.07, 6.45) is 5.51. The van der Waals surface area contributed by atoms with Crippen LogP contribution in [-0.2, 0) is 4.79 Å². The van der Waals surface area contributed by atoms with Crippen LogP contribution in [-0.4, -0.2) is 18.2 Å². The molecule has 1 aliphatic carbocycles. The van der Waals surface area contributed by atoms with Gasteiger partial charge < -0.3 is 5.32 Å². The molecule has 0 saturated heterocycles. The topological polar surface area (TPSA) is 46.2 Å². The fourth-order valence-electron chi connectivity index (χ4n) is 1.87. The molecule has 1 atom stereocenters. The maximum absolute atomic E-state index is 13.0. The van der Waals surface area contributed by atoms with Crippen LogP contribution in [0.4, 0.5) is 8.78 Å². The molecule has 0 heterocycles. The fraction of sp³-hybridized carbons (Fsp3) is 0.200. The lowest BCUT2D eigenvalue weighted by Crippen LogP contribution is -2.32. The summed E-state index contributed by atoms with van der Waals surface area (Å²) in [5, 5.41) is 2.96. The number of amides is 1. The molecule has 1 aliphatic rings. The maximum atomic E-state index is 13.0. The van der Waals surface area contributed by atoms with Crippen LogP contribution in [0.2, 0.25) is 0 Å². The van der Waals surface area contributed by atoms with E-state index >= 15 is 0 Å². The lowest BCUT2D eigenvalue weighted by molar-refractivity contribution is -0.120. The number of ketones is 1. The van der Waals surface area contributed by atoms with Crippen molar-refractivity contribution < 1.29 is 18.4 Å². The Bertz CT molecular complexity index is 641. The quantitative estimate of drug-likeness (QED) is 0.929. The smallest absolute Gasteiger partial charge is 0.251 e. The maximum Gasteiger partial charge on any atom is 0.251 e. The number of allylic oxidation sites excluding steroid dienone is 4. The molecule has 1 amide bonds. The predicted octanol–water partition coefficient (Wildman–Crippen LogP) is 2.96. The van der Waals surface area contributed by atoms with Crippen molar-refractivity contribution in [3.63, 3.8) is 0 Å². The minimum atomic E-state index is -1.11. The van der Waals surface area contributed by atoms with E-state index in [0.29, 0.717) is 11.5 Å². The Labute approximate surface area is 125 Å². The Balaban J connectivity index is 1.90. The number of rotatable bonds is 4. The molecule has 2 rings (SSSR count). The largest absolute Gasteiger partial charge is 0.345 e. The highest BCUT2D eigenvalue weighted by molar-refractivity contribution is 6.31. The number of halogens is 3.